The van der Waals surface area contributed by atoms with E-state index in [1.54, 1.807) is 12.5 Å². The molecule has 0 atom stereocenters. The molecular formula is C8H13NO. The molecule has 2 nitrogen and oxygen atoms in total. The average Bonchev–Trinajstić information content (AvgIpc) is 1.88. The molecule has 0 aliphatic carbocycles. The second-order valence-electron chi connectivity index (χ2n) is 3.28. The van der Waals surface area contributed by atoms with Gasteiger partial charge in [-0.2, -0.15) is 0 Å². The molecule has 10 heavy (non-hydrogen) atoms. The molecule has 1 aliphatic rings. The Labute approximate surface area is 61.8 Å². The third-order valence-electron chi connectivity index (χ3n) is 1.37. The smallest absolute Gasteiger partial charge is 0.106 e. The summed E-state index contributed by atoms with van der Waals surface area (Å²) in [7, 11) is 0. The first-order chi connectivity index (χ1) is 4.61. The van der Waals surface area contributed by atoms with Gasteiger partial charge in [0.2, 0.25) is 0 Å². The second kappa shape index (κ2) is 2.37. The molecule has 0 spiro atoms. The molecule has 0 aromatic heterocycles. The summed E-state index contributed by atoms with van der Waals surface area (Å²) in [6.07, 6.45) is 7.18. The fraction of sp³-hybridized carbons (Fsp3) is 0.500. The van der Waals surface area contributed by atoms with E-state index in [1.807, 2.05) is 12.4 Å². The summed E-state index contributed by atoms with van der Waals surface area (Å²) in [5.41, 5.74) is 0.150. The highest BCUT2D eigenvalue weighted by atomic mass is 16.5. The van der Waals surface area contributed by atoms with Crippen molar-refractivity contribution in [3.05, 3.63) is 24.9 Å². The van der Waals surface area contributed by atoms with Crippen molar-refractivity contribution in [3.63, 3.8) is 0 Å². The van der Waals surface area contributed by atoms with Gasteiger partial charge in [-0.3, -0.25) is 0 Å². The van der Waals surface area contributed by atoms with Gasteiger partial charge in [0.25, 0.3) is 0 Å². The first kappa shape index (κ1) is 7.19. The maximum atomic E-state index is 4.89. The van der Waals surface area contributed by atoms with Crippen molar-refractivity contribution >= 4 is 0 Å². The summed E-state index contributed by atoms with van der Waals surface area (Å²) in [6.45, 7) is 6.44. The summed E-state index contributed by atoms with van der Waals surface area (Å²) in [5.74, 6) is 0. The largest absolute Gasteiger partial charge is 0.470 e. The van der Waals surface area contributed by atoms with Crippen molar-refractivity contribution in [1.29, 1.82) is 0 Å². The molecular weight excluding hydrogens is 126 g/mol. The zero-order valence-corrected chi connectivity index (χ0v) is 6.66. The van der Waals surface area contributed by atoms with E-state index in [2.05, 4.69) is 25.7 Å². The molecule has 0 aromatic rings. The molecule has 0 aromatic carbocycles. The minimum Gasteiger partial charge on any atom is -0.470 e. The maximum absolute atomic E-state index is 4.89. The van der Waals surface area contributed by atoms with Crippen LogP contribution in [0, 0.1) is 0 Å². The number of ether oxygens (including phenoxy) is 1. The molecule has 56 valence electrons. The van der Waals surface area contributed by atoms with E-state index in [1.165, 1.54) is 0 Å². The van der Waals surface area contributed by atoms with Crippen LogP contribution in [-0.2, 0) is 4.74 Å². The van der Waals surface area contributed by atoms with E-state index in [4.69, 9.17) is 4.74 Å². The Bertz CT molecular complexity index is 153. The summed E-state index contributed by atoms with van der Waals surface area (Å²) < 4.78 is 4.89. The van der Waals surface area contributed by atoms with Crippen LogP contribution in [0.5, 0.6) is 0 Å². The molecule has 0 N–H and O–H groups in total. The van der Waals surface area contributed by atoms with Gasteiger partial charge in [-0.05, 0) is 20.8 Å². The van der Waals surface area contributed by atoms with E-state index in [0.717, 1.165) is 0 Å². The molecule has 1 heterocycles. The van der Waals surface area contributed by atoms with E-state index in [0.29, 0.717) is 0 Å². The van der Waals surface area contributed by atoms with Gasteiger partial charge in [0.15, 0.2) is 0 Å². The van der Waals surface area contributed by atoms with Crippen LogP contribution in [0.15, 0.2) is 24.9 Å². The Morgan fingerprint density at radius 1 is 1.10 bits per heavy atom. The standard InChI is InChI=1S/C8H13NO/c1-8(2,3)9-4-6-10-7-5-9/h4-7H,1-3H3. The van der Waals surface area contributed by atoms with Crippen molar-refractivity contribution in [2.24, 2.45) is 0 Å². The predicted octanol–water partition coefficient (Wildman–Crippen LogP) is 2.06. The lowest BCUT2D eigenvalue weighted by Gasteiger charge is -2.32. The van der Waals surface area contributed by atoms with Crippen LogP contribution in [0.3, 0.4) is 0 Å². The molecule has 0 amide bonds. The number of rotatable bonds is 0. The molecule has 0 bridgehead atoms. The Hall–Kier alpha value is -0.920. The van der Waals surface area contributed by atoms with Crippen LogP contribution < -0.4 is 0 Å². The number of nitrogens with zero attached hydrogens (tertiary/aromatic N) is 1. The quantitative estimate of drug-likeness (QED) is 0.509. The zero-order valence-electron chi connectivity index (χ0n) is 6.66. The van der Waals surface area contributed by atoms with Crippen molar-refractivity contribution in [3.8, 4) is 0 Å². The second-order valence-corrected chi connectivity index (χ2v) is 3.28. The lowest BCUT2D eigenvalue weighted by molar-refractivity contribution is 0.243. The fourth-order valence-corrected chi connectivity index (χ4v) is 0.744. The van der Waals surface area contributed by atoms with Crippen molar-refractivity contribution in [1.82, 2.24) is 4.90 Å². The van der Waals surface area contributed by atoms with Gasteiger partial charge in [0, 0.05) is 17.9 Å². The van der Waals surface area contributed by atoms with Gasteiger partial charge in [0.05, 0.1) is 0 Å². The van der Waals surface area contributed by atoms with Gasteiger partial charge in [-0.1, -0.05) is 0 Å². The van der Waals surface area contributed by atoms with Crippen LogP contribution >= 0.6 is 0 Å². The fourth-order valence-electron chi connectivity index (χ4n) is 0.744. The number of hydrogen-bond donors (Lipinski definition) is 0. The SMILES string of the molecule is CC(C)(C)N1C=COC=C1. The zero-order chi connectivity index (χ0) is 7.61. The van der Waals surface area contributed by atoms with Crippen LogP contribution in [0.2, 0.25) is 0 Å². The first-order valence-corrected chi connectivity index (χ1v) is 3.38. The summed E-state index contributed by atoms with van der Waals surface area (Å²) in [6, 6.07) is 0. The minimum atomic E-state index is 0.150. The van der Waals surface area contributed by atoms with Crippen molar-refractivity contribution < 1.29 is 4.74 Å². The van der Waals surface area contributed by atoms with Gasteiger partial charge in [-0.15, -0.1) is 0 Å². The minimum absolute atomic E-state index is 0.150. The Morgan fingerprint density at radius 2 is 1.60 bits per heavy atom. The molecule has 0 unspecified atom stereocenters. The van der Waals surface area contributed by atoms with Gasteiger partial charge < -0.3 is 9.64 Å². The molecule has 1 rings (SSSR count). The summed E-state index contributed by atoms with van der Waals surface area (Å²) in [5, 5.41) is 0. The highest BCUT2D eigenvalue weighted by Crippen LogP contribution is 2.15. The molecule has 0 fully saturated rings. The molecule has 2 heteroatoms. The van der Waals surface area contributed by atoms with Gasteiger partial charge in [-0.25, -0.2) is 0 Å². The molecule has 0 saturated heterocycles. The van der Waals surface area contributed by atoms with Crippen LogP contribution in [-0.4, -0.2) is 10.4 Å². The highest BCUT2D eigenvalue weighted by molar-refractivity contribution is 4.98. The van der Waals surface area contributed by atoms with E-state index < -0.39 is 0 Å². The average molecular weight is 139 g/mol. The van der Waals surface area contributed by atoms with Crippen LogP contribution in [0.1, 0.15) is 20.8 Å². The van der Waals surface area contributed by atoms with Crippen molar-refractivity contribution in [2.45, 2.75) is 26.3 Å². The van der Waals surface area contributed by atoms with E-state index in [9.17, 15) is 0 Å². The summed E-state index contributed by atoms with van der Waals surface area (Å²) in [4.78, 5) is 2.09. The van der Waals surface area contributed by atoms with E-state index >= 15 is 0 Å². The van der Waals surface area contributed by atoms with Crippen LogP contribution in [0.4, 0.5) is 0 Å². The number of hydrogen-bond acceptors (Lipinski definition) is 2. The molecule has 1 aliphatic heterocycles. The highest BCUT2D eigenvalue weighted by Gasteiger charge is 2.16. The third kappa shape index (κ3) is 1.53. The lowest BCUT2D eigenvalue weighted by Crippen LogP contribution is -2.33. The van der Waals surface area contributed by atoms with Gasteiger partial charge >= 0.3 is 0 Å². The topological polar surface area (TPSA) is 12.5 Å². The van der Waals surface area contributed by atoms with E-state index in [-0.39, 0.29) is 5.54 Å². The van der Waals surface area contributed by atoms with Crippen molar-refractivity contribution in [2.75, 3.05) is 0 Å². The Morgan fingerprint density at radius 3 is 1.90 bits per heavy atom. The summed E-state index contributed by atoms with van der Waals surface area (Å²) >= 11 is 0. The normalized spacial score (nSPS) is 17.3. The lowest BCUT2D eigenvalue weighted by atomic mass is 10.1. The van der Waals surface area contributed by atoms with Crippen LogP contribution in [0.25, 0.3) is 0 Å². The molecule has 0 saturated carbocycles. The third-order valence-corrected chi connectivity index (χ3v) is 1.37. The Balaban J connectivity index is 2.64. The predicted molar refractivity (Wildman–Crippen MR) is 41.0 cm³/mol. The maximum Gasteiger partial charge on any atom is 0.106 e. The first-order valence-electron chi connectivity index (χ1n) is 3.38. The van der Waals surface area contributed by atoms with Gasteiger partial charge in [0.1, 0.15) is 12.5 Å². The molecule has 0 radical (unpaired) electrons. The Kier molecular flexibility index (Phi) is 1.70. The monoisotopic (exact) mass is 139 g/mol.